The van der Waals surface area contributed by atoms with E-state index in [9.17, 15) is 14.4 Å². The summed E-state index contributed by atoms with van der Waals surface area (Å²) >= 11 is 0. The van der Waals surface area contributed by atoms with Crippen LogP contribution in [0, 0.1) is 6.92 Å². The molecular formula is C21H31N3O4. The lowest BCUT2D eigenvalue weighted by atomic mass is 10.0. The lowest BCUT2D eigenvalue weighted by Crippen LogP contribution is -2.49. The predicted octanol–water partition coefficient (Wildman–Crippen LogP) is 2.47. The number of hydrogen-bond donors (Lipinski definition) is 1. The highest BCUT2D eigenvalue weighted by Gasteiger charge is 2.28. The minimum Gasteiger partial charge on any atom is -0.450 e. The standard InChI is InChI=1S/C21H31N3O4/c1-4-28-21(27)23-12-9-19(10-13-23)24(17(3)25)14-11-20(26)22-15-18-8-6-5-7-16(18)2/h5-8,19H,4,9-15H2,1-3H3,(H,22,26). The quantitative estimate of drug-likeness (QED) is 0.777. The summed E-state index contributed by atoms with van der Waals surface area (Å²) in [5.41, 5.74) is 2.23. The molecule has 3 amide bonds. The van der Waals surface area contributed by atoms with Crippen LogP contribution in [0.4, 0.5) is 4.79 Å². The Morgan fingerprint density at radius 2 is 1.89 bits per heavy atom. The maximum atomic E-state index is 12.2. The second-order valence-corrected chi connectivity index (χ2v) is 7.08. The van der Waals surface area contributed by atoms with Crippen molar-refractivity contribution in [3.05, 3.63) is 35.4 Å². The van der Waals surface area contributed by atoms with E-state index >= 15 is 0 Å². The Morgan fingerprint density at radius 3 is 2.50 bits per heavy atom. The Bertz CT molecular complexity index is 684. The van der Waals surface area contributed by atoms with Crippen LogP contribution in [-0.2, 0) is 20.9 Å². The number of ether oxygens (including phenoxy) is 1. The topological polar surface area (TPSA) is 79.0 Å². The van der Waals surface area contributed by atoms with E-state index in [2.05, 4.69) is 5.32 Å². The summed E-state index contributed by atoms with van der Waals surface area (Å²) in [7, 11) is 0. The van der Waals surface area contributed by atoms with Crippen molar-refractivity contribution in [2.45, 2.75) is 52.6 Å². The fourth-order valence-electron chi connectivity index (χ4n) is 3.48. The molecule has 1 fully saturated rings. The molecule has 0 saturated carbocycles. The lowest BCUT2D eigenvalue weighted by Gasteiger charge is -2.37. The highest BCUT2D eigenvalue weighted by Crippen LogP contribution is 2.18. The number of nitrogens with zero attached hydrogens (tertiary/aromatic N) is 2. The highest BCUT2D eigenvalue weighted by molar-refractivity contribution is 5.78. The van der Waals surface area contributed by atoms with Crippen LogP contribution in [0.5, 0.6) is 0 Å². The van der Waals surface area contributed by atoms with Gasteiger partial charge in [0.15, 0.2) is 0 Å². The maximum absolute atomic E-state index is 12.2. The van der Waals surface area contributed by atoms with E-state index in [0.29, 0.717) is 45.6 Å². The van der Waals surface area contributed by atoms with Gasteiger partial charge in [-0.15, -0.1) is 0 Å². The van der Waals surface area contributed by atoms with Crippen molar-refractivity contribution < 1.29 is 19.1 Å². The molecule has 0 atom stereocenters. The van der Waals surface area contributed by atoms with E-state index in [1.165, 1.54) is 6.92 Å². The summed E-state index contributed by atoms with van der Waals surface area (Å²) in [6.07, 6.45) is 1.36. The number of piperidine rings is 1. The van der Waals surface area contributed by atoms with Gasteiger partial charge in [0.2, 0.25) is 11.8 Å². The van der Waals surface area contributed by atoms with Crippen molar-refractivity contribution >= 4 is 17.9 Å². The molecule has 1 aliphatic rings. The van der Waals surface area contributed by atoms with Gasteiger partial charge in [0.05, 0.1) is 6.61 Å². The van der Waals surface area contributed by atoms with Crippen LogP contribution in [0.2, 0.25) is 0 Å². The Morgan fingerprint density at radius 1 is 1.21 bits per heavy atom. The fourth-order valence-corrected chi connectivity index (χ4v) is 3.48. The molecule has 2 rings (SSSR count). The average molecular weight is 389 g/mol. The highest BCUT2D eigenvalue weighted by atomic mass is 16.6. The van der Waals surface area contributed by atoms with E-state index in [-0.39, 0.29) is 30.4 Å². The normalized spacial score (nSPS) is 14.5. The van der Waals surface area contributed by atoms with Crippen molar-refractivity contribution in [1.29, 1.82) is 0 Å². The number of carbonyl (C=O) groups is 3. The molecule has 0 radical (unpaired) electrons. The van der Waals surface area contributed by atoms with Crippen LogP contribution in [0.1, 0.15) is 44.2 Å². The van der Waals surface area contributed by atoms with E-state index in [1.807, 2.05) is 31.2 Å². The third kappa shape index (κ3) is 6.25. The Hall–Kier alpha value is -2.57. The van der Waals surface area contributed by atoms with E-state index in [4.69, 9.17) is 4.74 Å². The second-order valence-electron chi connectivity index (χ2n) is 7.08. The Balaban J connectivity index is 1.80. The van der Waals surface area contributed by atoms with Gasteiger partial charge in [-0.1, -0.05) is 24.3 Å². The number of nitrogens with one attached hydrogen (secondary N) is 1. The summed E-state index contributed by atoms with van der Waals surface area (Å²) in [6.45, 7) is 7.69. The molecule has 154 valence electrons. The van der Waals surface area contributed by atoms with Crippen molar-refractivity contribution in [2.75, 3.05) is 26.2 Å². The first-order valence-electron chi connectivity index (χ1n) is 9.92. The minimum atomic E-state index is -0.300. The van der Waals surface area contributed by atoms with Gasteiger partial charge in [-0.2, -0.15) is 0 Å². The van der Waals surface area contributed by atoms with Crippen molar-refractivity contribution in [3.63, 3.8) is 0 Å². The van der Waals surface area contributed by atoms with Crippen molar-refractivity contribution in [1.82, 2.24) is 15.1 Å². The molecule has 1 saturated heterocycles. The number of rotatable bonds is 7. The zero-order chi connectivity index (χ0) is 20.5. The summed E-state index contributed by atoms with van der Waals surface area (Å²) < 4.78 is 5.03. The Labute approximate surface area is 167 Å². The number of hydrogen-bond acceptors (Lipinski definition) is 4. The lowest BCUT2D eigenvalue weighted by molar-refractivity contribution is -0.132. The predicted molar refractivity (Wildman–Crippen MR) is 107 cm³/mol. The zero-order valence-corrected chi connectivity index (χ0v) is 17.1. The molecule has 0 aliphatic carbocycles. The summed E-state index contributed by atoms with van der Waals surface area (Å²) in [6, 6.07) is 7.98. The summed E-state index contributed by atoms with van der Waals surface area (Å²) in [5.74, 6) is -0.111. The van der Waals surface area contributed by atoms with E-state index < -0.39 is 0 Å². The summed E-state index contributed by atoms with van der Waals surface area (Å²) in [4.78, 5) is 39.6. The average Bonchev–Trinajstić information content (AvgIpc) is 2.68. The van der Waals surface area contributed by atoms with Gasteiger partial charge in [0, 0.05) is 45.6 Å². The largest absolute Gasteiger partial charge is 0.450 e. The number of aryl methyl sites for hydroxylation is 1. The number of benzene rings is 1. The van der Waals surface area contributed by atoms with E-state index in [0.717, 1.165) is 11.1 Å². The van der Waals surface area contributed by atoms with Crippen molar-refractivity contribution in [3.8, 4) is 0 Å². The summed E-state index contributed by atoms with van der Waals surface area (Å²) in [5, 5.41) is 2.93. The van der Waals surface area contributed by atoms with Gasteiger partial charge >= 0.3 is 6.09 Å². The molecule has 1 heterocycles. The van der Waals surface area contributed by atoms with Crippen LogP contribution < -0.4 is 5.32 Å². The first-order chi connectivity index (χ1) is 13.4. The first-order valence-corrected chi connectivity index (χ1v) is 9.92. The van der Waals surface area contributed by atoms with Gasteiger partial charge in [-0.25, -0.2) is 4.79 Å². The number of amides is 3. The molecule has 1 aromatic rings. The SMILES string of the molecule is CCOC(=O)N1CCC(N(CCC(=O)NCc2ccccc2C)C(C)=O)CC1. The molecule has 0 aromatic heterocycles. The van der Waals surface area contributed by atoms with Gasteiger partial charge in [0.25, 0.3) is 0 Å². The van der Waals surface area contributed by atoms with Crippen molar-refractivity contribution in [2.24, 2.45) is 0 Å². The number of likely N-dealkylation sites (tertiary alicyclic amines) is 1. The van der Waals surface area contributed by atoms with Crippen LogP contribution >= 0.6 is 0 Å². The second kappa shape index (κ2) is 10.7. The van der Waals surface area contributed by atoms with Crippen LogP contribution in [-0.4, -0.2) is 60.0 Å². The molecule has 1 N–H and O–H groups in total. The molecule has 7 nitrogen and oxygen atoms in total. The molecular weight excluding hydrogens is 358 g/mol. The first kappa shape index (κ1) is 21.7. The molecule has 0 bridgehead atoms. The van der Waals surface area contributed by atoms with E-state index in [1.54, 1.807) is 16.7 Å². The third-order valence-corrected chi connectivity index (χ3v) is 5.15. The molecule has 0 spiro atoms. The Kier molecular flexibility index (Phi) is 8.29. The smallest absolute Gasteiger partial charge is 0.409 e. The van der Waals surface area contributed by atoms with Gasteiger partial charge in [-0.3, -0.25) is 9.59 Å². The molecule has 7 heteroatoms. The maximum Gasteiger partial charge on any atom is 0.409 e. The fraction of sp³-hybridized carbons (Fsp3) is 0.571. The van der Waals surface area contributed by atoms with Crippen LogP contribution in [0.3, 0.4) is 0 Å². The molecule has 28 heavy (non-hydrogen) atoms. The monoisotopic (exact) mass is 389 g/mol. The zero-order valence-electron chi connectivity index (χ0n) is 17.1. The van der Waals surface area contributed by atoms with Gasteiger partial charge < -0.3 is 19.9 Å². The van der Waals surface area contributed by atoms with Crippen LogP contribution in [0.15, 0.2) is 24.3 Å². The van der Waals surface area contributed by atoms with Crippen LogP contribution in [0.25, 0.3) is 0 Å². The number of carbonyl (C=O) groups excluding carboxylic acids is 3. The molecule has 0 unspecified atom stereocenters. The van der Waals surface area contributed by atoms with Gasteiger partial charge in [-0.05, 0) is 37.8 Å². The van der Waals surface area contributed by atoms with Gasteiger partial charge in [0.1, 0.15) is 0 Å². The minimum absolute atomic E-state index is 0.0405. The molecule has 1 aromatic carbocycles. The third-order valence-electron chi connectivity index (χ3n) is 5.15. The molecule has 1 aliphatic heterocycles.